The van der Waals surface area contributed by atoms with E-state index in [0.29, 0.717) is 35.0 Å². The Morgan fingerprint density at radius 1 is 0.900 bits per heavy atom. The third-order valence-corrected chi connectivity index (χ3v) is 6.76. The Hall–Kier alpha value is -4.57. The van der Waals surface area contributed by atoms with Crippen molar-refractivity contribution < 1.29 is 28.7 Å². The topological polar surface area (TPSA) is 114 Å². The first-order valence-electron chi connectivity index (χ1n) is 12.6. The van der Waals surface area contributed by atoms with Gasteiger partial charge in [0.25, 0.3) is 17.1 Å². The van der Waals surface area contributed by atoms with Crippen molar-refractivity contribution >= 4 is 52.2 Å². The normalized spacial score (nSPS) is 13.9. The maximum atomic E-state index is 12.9. The molecule has 1 saturated heterocycles. The zero-order chi connectivity index (χ0) is 28.6. The number of carbonyl (C=O) groups is 4. The van der Waals surface area contributed by atoms with Crippen molar-refractivity contribution in [2.24, 2.45) is 0 Å². The first kappa shape index (κ1) is 28.4. The minimum atomic E-state index is -0.555. The molecule has 10 heteroatoms. The van der Waals surface area contributed by atoms with E-state index >= 15 is 0 Å². The quantitative estimate of drug-likeness (QED) is 0.320. The number of rotatable bonds is 10. The van der Waals surface area contributed by atoms with Crippen molar-refractivity contribution in [1.29, 1.82) is 0 Å². The van der Waals surface area contributed by atoms with Gasteiger partial charge < -0.3 is 20.1 Å². The second-order valence-electron chi connectivity index (χ2n) is 8.97. The van der Waals surface area contributed by atoms with E-state index in [1.165, 1.54) is 0 Å². The van der Waals surface area contributed by atoms with E-state index in [0.717, 1.165) is 27.8 Å². The van der Waals surface area contributed by atoms with Crippen LogP contribution >= 0.6 is 11.8 Å². The Morgan fingerprint density at radius 3 is 2.38 bits per heavy atom. The largest absolute Gasteiger partial charge is 0.490 e. The molecule has 0 atom stereocenters. The third-order valence-electron chi connectivity index (χ3n) is 5.85. The fourth-order valence-electron chi connectivity index (χ4n) is 3.81. The summed E-state index contributed by atoms with van der Waals surface area (Å²) in [6.07, 6.45) is 1.56. The molecule has 40 heavy (non-hydrogen) atoms. The van der Waals surface area contributed by atoms with E-state index in [2.05, 4.69) is 10.6 Å². The summed E-state index contributed by atoms with van der Waals surface area (Å²) in [7, 11) is 0. The number of benzene rings is 3. The van der Waals surface area contributed by atoms with E-state index in [-0.39, 0.29) is 17.4 Å². The molecule has 3 aromatic carbocycles. The summed E-state index contributed by atoms with van der Waals surface area (Å²) in [4.78, 5) is 51.4. The van der Waals surface area contributed by atoms with Gasteiger partial charge in [-0.05, 0) is 80.1 Å². The third kappa shape index (κ3) is 7.29. The van der Waals surface area contributed by atoms with Crippen LogP contribution in [0.25, 0.3) is 6.08 Å². The van der Waals surface area contributed by atoms with Gasteiger partial charge in [0.05, 0.1) is 11.5 Å². The molecule has 4 rings (SSSR count). The van der Waals surface area contributed by atoms with Gasteiger partial charge in [0.1, 0.15) is 6.54 Å². The van der Waals surface area contributed by atoms with Crippen LogP contribution in [0.2, 0.25) is 0 Å². The summed E-state index contributed by atoms with van der Waals surface area (Å²) in [5, 5.41) is 4.98. The molecule has 0 saturated carbocycles. The Morgan fingerprint density at radius 2 is 1.65 bits per heavy atom. The Labute approximate surface area is 236 Å². The molecule has 0 aromatic heterocycles. The lowest BCUT2D eigenvalue weighted by Crippen LogP contribution is -2.36. The van der Waals surface area contributed by atoms with Crippen molar-refractivity contribution in [3.63, 3.8) is 0 Å². The number of nitrogens with one attached hydrogen (secondary N) is 2. The smallest absolute Gasteiger partial charge is 0.294 e. The summed E-state index contributed by atoms with van der Waals surface area (Å²) >= 11 is 0.760. The highest BCUT2D eigenvalue weighted by molar-refractivity contribution is 8.18. The molecule has 1 heterocycles. The zero-order valence-electron chi connectivity index (χ0n) is 22.4. The Kier molecular flexibility index (Phi) is 9.23. The van der Waals surface area contributed by atoms with Crippen LogP contribution in [0.4, 0.5) is 16.2 Å². The molecule has 0 bridgehead atoms. The fraction of sp³-hybridized carbons (Fsp3) is 0.200. The van der Waals surface area contributed by atoms with Crippen molar-refractivity contribution in [1.82, 2.24) is 4.90 Å². The summed E-state index contributed by atoms with van der Waals surface area (Å²) in [5.74, 6) is -0.600. The highest BCUT2D eigenvalue weighted by atomic mass is 32.2. The molecule has 1 aliphatic heterocycles. The number of amides is 4. The van der Waals surface area contributed by atoms with Gasteiger partial charge in [0, 0.05) is 11.4 Å². The highest BCUT2D eigenvalue weighted by Crippen LogP contribution is 2.34. The van der Waals surface area contributed by atoms with E-state index in [1.807, 2.05) is 57.2 Å². The number of ether oxygens (including phenoxy) is 2. The fourth-order valence-corrected chi connectivity index (χ4v) is 4.65. The Balaban J connectivity index is 1.40. The van der Waals surface area contributed by atoms with Crippen molar-refractivity contribution in [3.05, 3.63) is 88.3 Å². The van der Waals surface area contributed by atoms with E-state index in [9.17, 15) is 19.2 Å². The van der Waals surface area contributed by atoms with Gasteiger partial charge in [0.15, 0.2) is 18.1 Å². The zero-order valence-corrected chi connectivity index (χ0v) is 23.2. The van der Waals surface area contributed by atoms with Crippen LogP contribution in [0.3, 0.4) is 0 Å². The number of hydrogen-bond acceptors (Lipinski definition) is 7. The van der Waals surface area contributed by atoms with Gasteiger partial charge >= 0.3 is 0 Å². The van der Waals surface area contributed by atoms with E-state index in [4.69, 9.17) is 9.47 Å². The van der Waals surface area contributed by atoms with Crippen LogP contribution in [-0.2, 0) is 14.4 Å². The summed E-state index contributed by atoms with van der Waals surface area (Å²) in [6, 6.07) is 19.6. The highest BCUT2D eigenvalue weighted by Gasteiger charge is 2.36. The molecule has 0 radical (unpaired) electrons. The number of hydrogen-bond donors (Lipinski definition) is 2. The maximum absolute atomic E-state index is 12.9. The average molecular weight is 560 g/mol. The Bertz CT molecular complexity index is 1470. The molecule has 0 spiro atoms. The van der Waals surface area contributed by atoms with Crippen LogP contribution < -0.4 is 20.1 Å². The number of anilines is 2. The molecular formula is C30H29N3O6S. The molecule has 3 aromatic rings. The first-order valence-corrected chi connectivity index (χ1v) is 13.4. The maximum Gasteiger partial charge on any atom is 0.294 e. The predicted octanol–water partition coefficient (Wildman–Crippen LogP) is 5.39. The summed E-state index contributed by atoms with van der Waals surface area (Å²) in [5.41, 5.74) is 3.86. The monoisotopic (exact) mass is 559 g/mol. The van der Waals surface area contributed by atoms with Gasteiger partial charge in [-0.2, -0.15) is 0 Å². The van der Waals surface area contributed by atoms with Gasteiger partial charge in [-0.1, -0.05) is 42.0 Å². The molecule has 2 N–H and O–H groups in total. The number of carbonyl (C=O) groups excluding carboxylic acids is 4. The first-order chi connectivity index (χ1) is 19.2. The molecule has 0 aliphatic carbocycles. The number of nitrogens with zero attached hydrogens (tertiary/aromatic N) is 1. The van der Waals surface area contributed by atoms with Crippen LogP contribution in [0, 0.1) is 13.8 Å². The van der Waals surface area contributed by atoms with Crippen molar-refractivity contribution in [3.8, 4) is 11.5 Å². The number of thioether (sulfide) groups is 1. The van der Waals surface area contributed by atoms with Crippen LogP contribution in [-0.4, -0.2) is 47.6 Å². The van der Waals surface area contributed by atoms with Crippen LogP contribution in [0.5, 0.6) is 11.5 Å². The molecule has 1 aliphatic rings. The summed E-state index contributed by atoms with van der Waals surface area (Å²) in [6.45, 7) is 5.38. The lowest BCUT2D eigenvalue weighted by molar-refractivity contribution is -0.127. The lowest BCUT2D eigenvalue weighted by Gasteiger charge is -2.13. The van der Waals surface area contributed by atoms with Crippen LogP contribution in [0.1, 0.15) is 23.6 Å². The van der Waals surface area contributed by atoms with Crippen molar-refractivity contribution in [2.45, 2.75) is 20.8 Å². The number of aryl methyl sites for hydroxylation is 2. The predicted molar refractivity (Wildman–Crippen MR) is 155 cm³/mol. The lowest BCUT2D eigenvalue weighted by atomic mass is 10.2. The molecule has 9 nitrogen and oxygen atoms in total. The second-order valence-corrected chi connectivity index (χ2v) is 9.97. The molecule has 206 valence electrons. The second kappa shape index (κ2) is 13.0. The number of imide groups is 1. The standard InChI is InChI=1S/C30H29N3O6S/c1-4-38-25-15-21(11-14-24(25)39-18-28(35)32-23-8-6-5-7-20(23)3)16-26-29(36)33(30(37)40-26)17-27(34)31-22-12-9-19(2)10-13-22/h5-16H,4,17-18H2,1-3H3,(H,31,34)(H,32,35)/b26-16-. The van der Waals surface area contributed by atoms with Crippen molar-refractivity contribution in [2.75, 3.05) is 30.4 Å². The van der Waals surface area contributed by atoms with Gasteiger partial charge in [-0.15, -0.1) is 0 Å². The SMILES string of the molecule is CCOc1cc(/C=C2\SC(=O)N(CC(=O)Nc3ccc(C)cc3)C2=O)ccc1OCC(=O)Nc1ccccc1C. The minimum Gasteiger partial charge on any atom is -0.490 e. The molecule has 1 fully saturated rings. The minimum absolute atomic E-state index is 0.182. The van der Waals surface area contributed by atoms with E-state index in [1.54, 1.807) is 36.4 Å². The summed E-state index contributed by atoms with van der Waals surface area (Å²) < 4.78 is 11.4. The molecular weight excluding hydrogens is 530 g/mol. The molecule has 0 unspecified atom stereocenters. The molecule has 4 amide bonds. The van der Waals surface area contributed by atoms with E-state index < -0.39 is 23.6 Å². The number of para-hydroxylation sites is 1. The average Bonchev–Trinajstić information content (AvgIpc) is 3.18. The van der Waals surface area contributed by atoms with Gasteiger partial charge in [0.2, 0.25) is 5.91 Å². The van der Waals surface area contributed by atoms with Crippen LogP contribution in [0.15, 0.2) is 71.6 Å². The van der Waals surface area contributed by atoms with Gasteiger partial charge in [-0.3, -0.25) is 24.1 Å². The van der Waals surface area contributed by atoms with Gasteiger partial charge in [-0.25, -0.2) is 0 Å².